The first-order valence-corrected chi connectivity index (χ1v) is 5.76. The second-order valence-corrected chi connectivity index (χ2v) is 4.84. The van der Waals surface area contributed by atoms with Gasteiger partial charge in [0.25, 0.3) is 0 Å². The summed E-state index contributed by atoms with van der Waals surface area (Å²) >= 11 is 5.59. The molecule has 0 atom stereocenters. The van der Waals surface area contributed by atoms with E-state index in [1.54, 1.807) is 0 Å². The van der Waals surface area contributed by atoms with Gasteiger partial charge in [-0.25, -0.2) is 0 Å². The highest BCUT2D eigenvalue weighted by molar-refractivity contribution is 6.31. The largest absolute Gasteiger partial charge is 0.481 e. The molecule has 0 unspecified atom stereocenters. The van der Waals surface area contributed by atoms with Gasteiger partial charge >= 0.3 is 12.1 Å². The molecule has 18 heavy (non-hydrogen) atoms. The van der Waals surface area contributed by atoms with E-state index in [1.807, 2.05) is 0 Å². The predicted octanol–water partition coefficient (Wildman–Crippen LogP) is 3.87. The zero-order valence-electron chi connectivity index (χ0n) is 9.22. The minimum absolute atomic E-state index is 0.347. The van der Waals surface area contributed by atoms with Gasteiger partial charge in [-0.05, 0) is 30.5 Å². The van der Waals surface area contributed by atoms with E-state index < -0.39 is 28.1 Å². The Morgan fingerprint density at radius 1 is 1.33 bits per heavy atom. The van der Waals surface area contributed by atoms with Gasteiger partial charge in [-0.2, -0.15) is 13.2 Å². The summed E-state index contributed by atoms with van der Waals surface area (Å²) in [5, 5.41) is 8.74. The van der Waals surface area contributed by atoms with Crippen molar-refractivity contribution < 1.29 is 23.1 Å². The number of aliphatic carboxylic acids is 1. The lowest BCUT2D eigenvalue weighted by atomic mass is 9.64. The van der Waals surface area contributed by atoms with Crippen LogP contribution in [0.4, 0.5) is 13.2 Å². The van der Waals surface area contributed by atoms with Gasteiger partial charge in [0.1, 0.15) is 0 Å². The number of hydrogen-bond acceptors (Lipinski definition) is 1. The summed E-state index contributed by atoms with van der Waals surface area (Å²) in [6, 6.07) is 3.18. The third-order valence-corrected chi connectivity index (χ3v) is 3.76. The molecule has 2 rings (SSSR count). The smallest absolute Gasteiger partial charge is 0.417 e. The molecular formula is C12H10ClF3O2. The zero-order valence-corrected chi connectivity index (χ0v) is 9.98. The molecule has 0 spiro atoms. The van der Waals surface area contributed by atoms with Crippen LogP contribution in [0.3, 0.4) is 0 Å². The van der Waals surface area contributed by atoms with Crippen molar-refractivity contribution in [2.45, 2.75) is 30.9 Å². The third-order valence-electron chi connectivity index (χ3n) is 3.44. The van der Waals surface area contributed by atoms with Gasteiger partial charge in [-0.1, -0.05) is 24.1 Å². The lowest BCUT2D eigenvalue weighted by Gasteiger charge is -2.38. The van der Waals surface area contributed by atoms with Crippen LogP contribution in [0.25, 0.3) is 0 Å². The van der Waals surface area contributed by atoms with E-state index >= 15 is 0 Å². The molecule has 1 aromatic rings. The van der Waals surface area contributed by atoms with Gasteiger partial charge < -0.3 is 5.11 Å². The fraction of sp³-hybridized carbons (Fsp3) is 0.417. The molecule has 0 heterocycles. The first-order chi connectivity index (χ1) is 8.27. The van der Waals surface area contributed by atoms with Gasteiger partial charge in [0.05, 0.1) is 16.0 Å². The van der Waals surface area contributed by atoms with E-state index in [0.717, 1.165) is 18.6 Å². The van der Waals surface area contributed by atoms with Gasteiger partial charge in [-0.3, -0.25) is 4.79 Å². The molecule has 1 aromatic carbocycles. The number of alkyl halides is 3. The topological polar surface area (TPSA) is 37.3 Å². The zero-order chi connectivity index (χ0) is 13.6. The minimum atomic E-state index is -4.52. The molecule has 0 radical (unpaired) electrons. The Morgan fingerprint density at radius 3 is 2.28 bits per heavy atom. The van der Waals surface area contributed by atoms with Crippen molar-refractivity contribution in [2.75, 3.05) is 0 Å². The van der Waals surface area contributed by atoms with Crippen LogP contribution in [0, 0.1) is 0 Å². The molecule has 0 aliphatic heterocycles. The van der Waals surface area contributed by atoms with Crippen molar-refractivity contribution in [3.63, 3.8) is 0 Å². The molecule has 1 aliphatic rings. The summed E-state index contributed by atoms with van der Waals surface area (Å²) in [6.45, 7) is 0. The van der Waals surface area contributed by atoms with Crippen molar-refractivity contribution >= 4 is 17.6 Å². The number of hydrogen-bond donors (Lipinski definition) is 1. The van der Waals surface area contributed by atoms with Crippen molar-refractivity contribution in [3.8, 4) is 0 Å². The minimum Gasteiger partial charge on any atom is -0.481 e. The maximum atomic E-state index is 12.5. The average Bonchev–Trinajstić information content (AvgIpc) is 2.12. The van der Waals surface area contributed by atoms with Gasteiger partial charge in [0.15, 0.2) is 0 Å². The number of carbonyl (C=O) groups is 1. The highest BCUT2D eigenvalue weighted by Gasteiger charge is 2.46. The van der Waals surface area contributed by atoms with E-state index in [9.17, 15) is 23.1 Å². The molecule has 0 saturated heterocycles. The molecule has 1 saturated carbocycles. The van der Waals surface area contributed by atoms with Crippen molar-refractivity contribution in [1.82, 2.24) is 0 Å². The average molecular weight is 279 g/mol. The van der Waals surface area contributed by atoms with Gasteiger partial charge in [0, 0.05) is 0 Å². The van der Waals surface area contributed by atoms with E-state index in [-0.39, 0.29) is 0 Å². The van der Waals surface area contributed by atoms with E-state index in [0.29, 0.717) is 18.4 Å². The van der Waals surface area contributed by atoms with Crippen LogP contribution in [-0.4, -0.2) is 11.1 Å². The molecule has 2 nitrogen and oxygen atoms in total. The Morgan fingerprint density at radius 2 is 1.94 bits per heavy atom. The molecule has 0 aromatic heterocycles. The van der Waals surface area contributed by atoms with Crippen LogP contribution < -0.4 is 0 Å². The summed E-state index contributed by atoms with van der Waals surface area (Å²) in [6.07, 6.45) is -2.90. The van der Waals surface area contributed by atoms with Gasteiger partial charge in [0.2, 0.25) is 0 Å². The van der Waals surface area contributed by atoms with Crippen LogP contribution in [-0.2, 0) is 16.4 Å². The highest BCUT2D eigenvalue weighted by Crippen LogP contribution is 2.46. The first-order valence-electron chi connectivity index (χ1n) is 5.38. The summed E-state index contributed by atoms with van der Waals surface area (Å²) in [5.41, 5.74) is -1.65. The van der Waals surface area contributed by atoms with E-state index in [4.69, 9.17) is 11.6 Å². The third kappa shape index (κ3) is 1.96. The molecule has 0 amide bonds. The number of benzene rings is 1. The van der Waals surface area contributed by atoms with Crippen LogP contribution in [0.1, 0.15) is 30.4 Å². The lowest BCUT2D eigenvalue weighted by molar-refractivity contribution is -0.147. The van der Waals surface area contributed by atoms with Gasteiger partial charge in [-0.15, -0.1) is 0 Å². The summed E-state index contributed by atoms with van der Waals surface area (Å²) in [5.74, 6) is -1.01. The normalized spacial score (nSPS) is 18.2. The Bertz CT molecular complexity index is 493. The fourth-order valence-electron chi connectivity index (χ4n) is 2.20. The summed E-state index contributed by atoms with van der Waals surface area (Å²) < 4.78 is 37.6. The molecule has 98 valence electrons. The van der Waals surface area contributed by atoms with Crippen molar-refractivity contribution in [2.24, 2.45) is 0 Å². The van der Waals surface area contributed by atoms with E-state index in [1.165, 1.54) is 6.07 Å². The Kier molecular flexibility index (Phi) is 3.05. The predicted molar refractivity (Wildman–Crippen MR) is 59.6 cm³/mol. The summed E-state index contributed by atoms with van der Waals surface area (Å²) in [4.78, 5) is 11.2. The second kappa shape index (κ2) is 4.16. The highest BCUT2D eigenvalue weighted by atomic mass is 35.5. The number of carboxylic acids is 1. The monoisotopic (exact) mass is 278 g/mol. The Hall–Kier alpha value is -1.23. The summed E-state index contributed by atoms with van der Waals surface area (Å²) in [7, 11) is 0. The standard InChI is InChI=1S/C12H10ClF3O2/c13-9-6-7(2-3-8(9)12(14,15)16)11(10(17)18)4-1-5-11/h2-3,6H,1,4-5H2,(H,17,18). The molecule has 1 fully saturated rings. The molecular weight excluding hydrogens is 269 g/mol. The number of rotatable bonds is 2. The molecule has 1 N–H and O–H groups in total. The van der Waals surface area contributed by atoms with Crippen molar-refractivity contribution in [1.29, 1.82) is 0 Å². The SMILES string of the molecule is O=C(O)C1(c2ccc(C(F)(F)F)c(Cl)c2)CCC1. The Balaban J connectivity index is 2.44. The Labute approximate surface area is 106 Å². The van der Waals surface area contributed by atoms with Crippen molar-refractivity contribution in [3.05, 3.63) is 34.3 Å². The second-order valence-electron chi connectivity index (χ2n) is 4.43. The quantitative estimate of drug-likeness (QED) is 0.892. The number of carboxylic acid groups (broad SMARTS) is 1. The van der Waals surface area contributed by atoms with Crippen LogP contribution in [0.2, 0.25) is 5.02 Å². The van der Waals surface area contributed by atoms with Crippen LogP contribution in [0.15, 0.2) is 18.2 Å². The number of halogens is 4. The maximum absolute atomic E-state index is 12.5. The lowest BCUT2D eigenvalue weighted by Crippen LogP contribution is -2.42. The maximum Gasteiger partial charge on any atom is 0.417 e. The molecule has 6 heteroatoms. The first kappa shape index (κ1) is 13.2. The van der Waals surface area contributed by atoms with E-state index in [2.05, 4.69) is 0 Å². The van der Waals surface area contributed by atoms with Crippen LogP contribution >= 0.6 is 11.6 Å². The molecule has 0 bridgehead atoms. The molecule has 1 aliphatic carbocycles. The fourth-order valence-corrected chi connectivity index (χ4v) is 2.49. The van der Waals surface area contributed by atoms with Crippen LogP contribution in [0.5, 0.6) is 0 Å².